The number of hydrogen-bond acceptors (Lipinski definition) is 6. The molecule has 0 radical (unpaired) electrons. The summed E-state index contributed by atoms with van der Waals surface area (Å²) < 4.78 is 8.46. The molecule has 30 heavy (non-hydrogen) atoms. The lowest BCUT2D eigenvalue weighted by atomic mass is 9.97. The molecular formula is C21H25BrN6O2. The lowest BCUT2D eigenvalue weighted by Crippen LogP contribution is -2.43. The van der Waals surface area contributed by atoms with Gasteiger partial charge in [-0.2, -0.15) is 4.98 Å². The highest BCUT2D eigenvalue weighted by Crippen LogP contribution is 2.21. The van der Waals surface area contributed by atoms with Crippen molar-refractivity contribution in [2.75, 3.05) is 19.6 Å². The van der Waals surface area contributed by atoms with Gasteiger partial charge in [0.2, 0.25) is 17.6 Å². The molecule has 1 unspecified atom stereocenters. The summed E-state index contributed by atoms with van der Waals surface area (Å²) in [5.74, 6) is 1.29. The van der Waals surface area contributed by atoms with Crippen LogP contribution in [0.4, 0.5) is 0 Å². The highest BCUT2D eigenvalue weighted by atomic mass is 79.9. The molecule has 0 bridgehead atoms. The average Bonchev–Trinajstić information content (AvgIpc) is 3.44. The van der Waals surface area contributed by atoms with Gasteiger partial charge in [-0.25, -0.2) is 4.98 Å². The van der Waals surface area contributed by atoms with E-state index >= 15 is 0 Å². The third-order valence-corrected chi connectivity index (χ3v) is 5.79. The number of halogens is 1. The van der Waals surface area contributed by atoms with Gasteiger partial charge in [0.1, 0.15) is 0 Å². The fourth-order valence-electron chi connectivity index (χ4n) is 3.68. The van der Waals surface area contributed by atoms with Crippen LogP contribution >= 0.6 is 15.9 Å². The van der Waals surface area contributed by atoms with Crippen molar-refractivity contribution in [3.63, 3.8) is 0 Å². The minimum atomic E-state index is 0.000797. The average molecular weight is 473 g/mol. The van der Waals surface area contributed by atoms with Crippen LogP contribution in [0.15, 0.2) is 52.0 Å². The van der Waals surface area contributed by atoms with E-state index in [-0.39, 0.29) is 11.8 Å². The number of carbonyl (C=O) groups is 1. The molecule has 2 aromatic heterocycles. The molecule has 0 aliphatic carbocycles. The number of benzene rings is 1. The van der Waals surface area contributed by atoms with Crippen LogP contribution in [-0.2, 0) is 17.9 Å². The first-order valence-electron chi connectivity index (χ1n) is 10.2. The Morgan fingerprint density at radius 3 is 2.97 bits per heavy atom. The molecular weight excluding hydrogens is 448 g/mol. The van der Waals surface area contributed by atoms with Crippen LogP contribution in [0.2, 0.25) is 0 Å². The number of rotatable bonds is 8. The van der Waals surface area contributed by atoms with Crippen molar-refractivity contribution in [3.8, 4) is 11.4 Å². The fourth-order valence-corrected chi connectivity index (χ4v) is 3.94. The van der Waals surface area contributed by atoms with Gasteiger partial charge in [0.15, 0.2) is 0 Å². The number of nitrogens with zero attached hydrogens (tertiary/aromatic N) is 5. The molecule has 1 atom stereocenters. The summed E-state index contributed by atoms with van der Waals surface area (Å²) in [6.07, 6.45) is 8.28. The van der Waals surface area contributed by atoms with E-state index < -0.39 is 0 Å². The summed E-state index contributed by atoms with van der Waals surface area (Å²) in [7, 11) is 0. The molecule has 1 saturated heterocycles. The third kappa shape index (κ3) is 5.54. The van der Waals surface area contributed by atoms with Crippen molar-refractivity contribution in [2.24, 2.45) is 5.92 Å². The van der Waals surface area contributed by atoms with Crippen LogP contribution in [0.25, 0.3) is 11.4 Å². The molecule has 4 rings (SSSR count). The van der Waals surface area contributed by atoms with E-state index in [0.29, 0.717) is 31.3 Å². The first-order valence-corrected chi connectivity index (χ1v) is 11.0. The zero-order valence-electron chi connectivity index (χ0n) is 16.7. The fraction of sp³-hybridized carbons (Fsp3) is 0.429. The Morgan fingerprint density at radius 2 is 2.17 bits per heavy atom. The van der Waals surface area contributed by atoms with Gasteiger partial charge in [0.05, 0.1) is 18.8 Å². The van der Waals surface area contributed by atoms with Crippen LogP contribution in [0.3, 0.4) is 0 Å². The molecule has 1 N–H and O–H groups in total. The molecule has 1 amide bonds. The highest BCUT2D eigenvalue weighted by molar-refractivity contribution is 9.10. The van der Waals surface area contributed by atoms with E-state index in [1.54, 1.807) is 12.5 Å². The van der Waals surface area contributed by atoms with Crippen molar-refractivity contribution >= 4 is 21.8 Å². The number of carbonyl (C=O) groups excluding carboxylic acids is 1. The standard InChI is InChI=1S/C21H25BrN6O2/c22-18-6-4-16(5-7-18)20-25-19(30-26-20)14-28-10-1-3-17(13-28)21(29)24-8-2-11-27-12-9-23-15-27/h4-7,9,12,15,17H,1-3,8,10-11,13-14H2,(H,24,29). The molecule has 1 aliphatic rings. The van der Waals surface area contributed by atoms with Gasteiger partial charge < -0.3 is 14.4 Å². The van der Waals surface area contributed by atoms with Crippen LogP contribution in [0, 0.1) is 5.92 Å². The largest absolute Gasteiger partial charge is 0.356 e. The Bertz CT molecular complexity index is 941. The predicted octanol–water partition coefficient (Wildman–Crippen LogP) is 3.11. The lowest BCUT2D eigenvalue weighted by Gasteiger charge is -2.30. The third-order valence-electron chi connectivity index (χ3n) is 5.26. The summed E-state index contributed by atoms with van der Waals surface area (Å²) >= 11 is 3.43. The minimum Gasteiger partial charge on any atom is -0.356 e. The minimum absolute atomic E-state index is 0.000797. The topological polar surface area (TPSA) is 89.1 Å². The summed E-state index contributed by atoms with van der Waals surface area (Å²) in [6, 6.07) is 7.81. The van der Waals surface area contributed by atoms with Gasteiger partial charge >= 0.3 is 0 Å². The van der Waals surface area contributed by atoms with Gasteiger partial charge in [-0.1, -0.05) is 21.1 Å². The van der Waals surface area contributed by atoms with Gasteiger partial charge in [0.25, 0.3) is 0 Å². The Morgan fingerprint density at radius 1 is 1.30 bits per heavy atom. The van der Waals surface area contributed by atoms with Gasteiger partial charge in [-0.15, -0.1) is 0 Å². The van der Waals surface area contributed by atoms with E-state index in [9.17, 15) is 4.79 Å². The van der Waals surface area contributed by atoms with E-state index in [2.05, 4.69) is 41.3 Å². The summed E-state index contributed by atoms with van der Waals surface area (Å²) in [5.41, 5.74) is 0.916. The zero-order chi connectivity index (χ0) is 20.8. The smallest absolute Gasteiger partial charge is 0.241 e. The maximum Gasteiger partial charge on any atom is 0.241 e. The number of imidazole rings is 1. The number of aromatic nitrogens is 4. The molecule has 158 valence electrons. The van der Waals surface area contributed by atoms with Gasteiger partial charge in [0, 0.05) is 42.1 Å². The number of nitrogens with one attached hydrogen (secondary N) is 1. The number of amides is 1. The maximum absolute atomic E-state index is 12.6. The second-order valence-corrected chi connectivity index (χ2v) is 8.45. The molecule has 9 heteroatoms. The first kappa shape index (κ1) is 20.7. The monoisotopic (exact) mass is 472 g/mol. The molecule has 1 aromatic carbocycles. The van der Waals surface area contributed by atoms with Gasteiger partial charge in [-0.3, -0.25) is 9.69 Å². The first-order chi connectivity index (χ1) is 14.7. The van der Waals surface area contributed by atoms with Crippen LogP contribution in [-0.4, -0.2) is 50.1 Å². The van der Waals surface area contributed by atoms with E-state index in [1.807, 2.05) is 35.0 Å². The molecule has 3 heterocycles. The molecule has 8 nitrogen and oxygen atoms in total. The summed E-state index contributed by atoms with van der Waals surface area (Å²) in [6.45, 7) is 3.74. The number of aryl methyl sites for hydroxylation is 1. The van der Waals surface area contributed by atoms with Crippen molar-refractivity contribution < 1.29 is 9.32 Å². The summed E-state index contributed by atoms with van der Waals surface area (Å²) in [4.78, 5) is 23.3. The van der Waals surface area contributed by atoms with Gasteiger partial charge in [-0.05, 0) is 50.1 Å². The Hall–Kier alpha value is -2.52. The van der Waals surface area contributed by atoms with Crippen molar-refractivity contribution in [3.05, 3.63) is 53.3 Å². The lowest BCUT2D eigenvalue weighted by molar-refractivity contribution is -0.126. The second kappa shape index (κ2) is 9.99. The second-order valence-electron chi connectivity index (χ2n) is 7.54. The zero-order valence-corrected chi connectivity index (χ0v) is 18.3. The number of likely N-dealkylation sites (tertiary alicyclic amines) is 1. The highest BCUT2D eigenvalue weighted by Gasteiger charge is 2.26. The molecule has 1 fully saturated rings. The molecule has 1 aliphatic heterocycles. The Kier molecular flexibility index (Phi) is 6.91. The molecule has 3 aromatic rings. The molecule has 0 spiro atoms. The Labute approximate surface area is 183 Å². The van der Waals surface area contributed by atoms with Crippen molar-refractivity contribution in [1.82, 2.24) is 29.9 Å². The van der Waals surface area contributed by atoms with E-state index in [1.165, 1.54) is 0 Å². The van der Waals surface area contributed by atoms with Crippen LogP contribution in [0.5, 0.6) is 0 Å². The summed E-state index contributed by atoms with van der Waals surface area (Å²) in [5, 5.41) is 7.17. The van der Waals surface area contributed by atoms with Crippen LogP contribution < -0.4 is 5.32 Å². The van der Waals surface area contributed by atoms with Crippen molar-refractivity contribution in [1.29, 1.82) is 0 Å². The molecule has 0 saturated carbocycles. The van der Waals surface area contributed by atoms with E-state index in [4.69, 9.17) is 4.52 Å². The number of piperidine rings is 1. The quantitative estimate of drug-likeness (QED) is 0.506. The SMILES string of the molecule is O=C(NCCCn1ccnc1)C1CCCN(Cc2nc(-c3ccc(Br)cc3)no2)C1. The van der Waals surface area contributed by atoms with Crippen molar-refractivity contribution in [2.45, 2.75) is 32.4 Å². The normalized spacial score (nSPS) is 17.2. The number of hydrogen-bond donors (Lipinski definition) is 1. The Balaban J connectivity index is 1.24. The van der Waals surface area contributed by atoms with E-state index in [0.717, 1.165) is 42.4 Å². The predicted molar refractivity (Wildman–Crippen MR) is 115 cm³/mol. The maximum atomic E-state index is 12.6. The van der Waals surface area contributed by atoms with Crippen LogP contribution in [0.1, 0.15) is 25.2 Å².